The van der Waals surface area contributed by atoms with E-state index in [9.17, 15) is 10.1 Å². The van der Waals surface area contributed by atoms with E-state index < -0.39 is 4.92 Å². The summed E-state index contributed by atoms with van der Waals surface area (Å²) in [5.74, 6) is 0.0969. The van der Waals surface area contributed by atoms with Crippen LogP contribution in [-0.2, 0) is 0 Å². The third kappa shape index (κ3) is 4.74. The van der Waals surface area contributed by atoms with E-state index in [4.69, 9.17) is 0 Å². The molecule has 0 radical (unpaired) electrons. The maximum atomic E-state index is 10.9. The average molecular weight is 263 g/mol. The quantitative estimate of drug-likeness (QED) is 0.350. The maximum Gasteiger partial charge on any atom is 0.313 e. The van der Waals surface area contributed by atoms with E-state index in [1.807, 2.05) is 25.2 Å². The lowest BCUT2D eigenvalue weighted by molar-refractivity contribution is -0.384. The molecular formula is C12H17N5O2. The molecule has 0 aliphatic heterocycles. The molecule has 0 fully saturated rings. The van der Waals surface area contributed by atoms with Gasteiger partial charge in [0.2, 0.25) is 5.82 Å². The number of nitrogens with zero attached hydrogens (tertiary/aromatic N) is 5. The number of rotatable bonds is 5. The van der Waals surface area contributed by atoms with Crippen LogP contribution in [0.25, 0.3) is 6.08 Å². The van der Waals surface area contributed by atoms with Gasteiger partial charge in [-0.3, -0.25) is 10.1 Å². The van der Waals surface area contributed by atoms with Gasteiger partial charge < -0.3 is 9.80 Å². The molecule has 0 saturated heterocycles. The standard InChI is InChI=1S/C12H17N5O2/c1-15(2)8-7-10-5-6-11(17(18)19)12(14-10)13-9-16(3)4/h5-9H,1-4H3/b8-7+,13-9?. The second kappa shape index (κ2) is 6.48. The Morgan fingerprint density at radius 2 is 1.95 bits per heavy atom. The molecule has 0 N–H and O–H groups in total. The van der Waals surface area contributed by atoms with Crippen LogP contribution in [-0.4, -0.2) is 54.2 Å². The number of hydrogen-bond acceptors (Lipinski definition) is 5. The van der Waals surface area contributed by atoms with Crippen molar-refractivity contribution in [2.24, 2.45) is 4.99 Å². The Balaban J connectivity index is 3.14. The summed E-state index contributed by atoms with van der Waals surface area (Å²) < 4.78 is 0. The summed E-state index contributed by atoms with van der Waals surface area (Å²) in [4.78, 5) is 22.1. The Bertz CT molecular complexity index is 509. The van der Waals surface area contributed by atoms with Gasteiger partial charge in [0, 0.05) is 40.5 Å². The van der Waals surface area contributed by atoms with Crippen LogP contribution in [0.5, 0.6) is 0 Å². The first-order valence-electron chi connectivity index (χ1n) is 5.61. The van der Waals surface area contributed by atoms with Gasteiger partial charge in [0.1, 0.15) is 0 Å². The molecule has 0 spiro atoms. The van der Waals surface area contributed by atoms with Gasteiger partial charge in [0.25, 0.3) is 0 Å². The Kier molecular flexibility index (Phi) is 4.99. The van der Waals surface area contributed by atoms with Crippen LogP contribution in [0.1, 0.15) is 5.69 Å². The zero-order chi connectivity index (χ0) is 14.4. The number of nitro groups is 1. The summed E-state index contributed by atoms with van der Waals surface area (Å²) in [7, 11) is 7.33. The monoisotopic (exact) mass is 263 g/mol. The van der Waals surface area contributed by atoms with Gasteiger partial charge in [-0.15, -0.1) is 0 Å². The molecule has 0 unspecified atom stereocenters. The molecule has 7 nitrogen and oxygen atoms in total. The summed E-state index contributed by atoms with van der Waals surface area (Å²) in [6.45, 7) is 0. The summed E-state index contributed by atoms with van der Waals surface area (Å²) in [6.07, 6.45) is 5.06. The molecule has 0 saturated carbocycles. The molecule has 0 atom stereocenters. The SMILES string of the molecule is CN(C)C=Nc1nc(/C=C/N(C)C)ccc1[N+](=O)[O-]. The lowest BCUT2D eigenvalue weighted by Crippen LogP contribution is -2.07. The highest BCUT2D eigenvalue weighted by molar-refractivity contribution is 5.65. The third-order valence-electron chi connectivity index (χ3n) is 2.03. The topological polar surface area (TPSA) is 74.9 Å². The van der Waals surface area contributed by atoms with E-state index in [-0.39, 0.29) is 11.5 Å². The van der Waals surface area contributed by atoms with E-state index in [1.165, 1.54) is 12.4 Å². The minimum Gasteiger partial charge on any atom is -0.383 e. The van der Waals surface area contributed by atoms with Crippen molar-refractivity contribution in [3.05, 3.63) is 34.1 Å². The molecule has 102 valence electrons. The fourth-order valence-corrected chi connectivity index (χ4v) is 1.18. The van der Waals surface area contributed by atoms with Crippen LogP contribution < -0.4 is 0 Å². The van der Waals surface area contributed by atoms with E-state index in [0.29, 0.717) is 5.69 Å². The molecule has 1 heterocycles. The van der Waals surface area contributed by atoms with Crippen LogP contribution in [0.3, 0.4) is 0 Å². The van der Waals surface area contributed by atoms with Gasteiger partial charge >= 0.3 is 5.69 Å². The van der Waals surface area contributed by atoms with Gasteiger partial charge in [-0.25, -0.2) is 9.98 Å². The van der Waals surface area contributed by atoms with Crippen molar-refractivity contribution in [3.63, 3.8) is 0 Å². The second-order valence-electron chi connectivity index (χ2n) is 4.32. The first kappa shape index (κ1) is 14.6. The van der Waals surface area contributed by atoms with Crippen molar-refractivity contribution in [1.29, 1.82) is 0 Å². The zero-order valence-electron chi connectivity index (χ0n) is 11.4. The number of aromatic nitrogens is 1. The van der Waals surface area contributed by atoms with Crippen LogP contribution >= 0.6 is 0 Å². The molecule has 0 aliphatic carbocycles. The fourth-order valence-electron chi connectivity index (χ4n) is 1.18. The van der Waals surface area contributed by atoms with Crippen molar-refractivity contribution in [2.75, 3.05) is 28.2 Å². The molecule has 1 aromatic heterocycles. The molecule has 19 heavy (non-hydrogen) atoms. The van der Waals surface area contributed by atoms with Crippen LogP contribution in [0.15, 0.2) is 23.3 Å². The average Bonchev–Trinajstić information content (AvgIpc) is 2.33. The molecule has 1 rings (SSSR count). The first-order valence-corrected chi connectivity index (χ1v) is 5.61. The summed E-state index contributed by atoms with van der Waals surface area (Å²) in [6, 6.07) is 3.00. The molecule has 0 bridgehead atoms. The van der Waals surface area contributed by atoms with Crippen LogP contribution in [0, 0.1) is 10.1 Å². The molecule has 0 aromatic carbocycles. The fraction of sp³-hybridized carbons (Fsp3) is 0.333. The van der Waals surface area contributed by atoms with E-state index in [0.717, 1.165) is 0 Å². The number of pyridine rings is 1. The lowest BCUT2D eigenvalue weighted by atomic mass is 10.3. The van der Waals surface area contributed by atoms with Gasteiger partial charge in [-0.1, -0.05) is 0 Å². The molecule has 1 aromatic rings. The van der Waals surface area contributed by atoms with Gasteiger partial charge in [-0.2, -0.15) is 0 Å². The predicted octanol–water partition coefficient (Wildman–Crippen LogP) is 1.74. The Morgan fingerprint density at radius 3 is 2.47 bits per heavy atom. The minimum atomic E-state index is -0.491. The minimum absolute atomic E-state index is 0.0969. The summed E-state index contributed by atoms with van der Waals surface area (Å²) >= 11 is 0. The zero-order valence-corrected chi connectivity index (χ0v) is 11.4. The Labute approximate surface area is 112 Å². The first-order chi connectivity index (χ1) is 8.90. The third-order valence-corrected chi connectivity index (χ3v) is 2.03. The van der Waals surface area contributed by atoms with Gasteiger partial charge in [0.05, 0.1) is 17.0 Å². The van der Waals surface area contributed by atoms with E-state index in [1.54, 1.807) is 31.1 Å². The van der Waals surface area contributed by atoms with Crippen molar-refractivity contribution in [1.82, 2.24) is 14.8 Å². The van der Waals surface area contributed by atoms with Crippen molar-refractivity contribution in [3.8, 4) is 0 Å². The van der Waals surface area contributed by atoms with Gasteiger partial charge in [0.15, 0.2) is 0 Å². The summed E-state index contributed by atoms with van der Waals surface area (Å²) in [5, 5.41) is 10.9. The highest BCUT2D eigenvalue weighted by Gasteiger charge is 2.14. The van der Waals surface area contributed by atoms with E-state index >= 15 is 0 Å². The van der Waals surface area contributed by atoms with Crippen LogP contribution in [0.4, 0.5) is 11.5 Å². The number of hydrogen-bond donors (Lipinski definition) is 0. The molecule has 0 amide bonds. The van der Waals surface area contributed by atoms with Crippen molar-refractivity contribution in [2.45, 2.75) is 0 Å². The largest absolute Gasteiger partial charge is 0.383 e. The second-order valence-corrected chi connectivity index (χ2v) is 4.32. The van der Waals surface area contributed by atoms with E-state index in [2.05, 4.69) is 9.98 Å². The Hall–Kier alpha value is -2.44. The molecule has 0 aliphatic rings. The van der Waals surface area contributed by atoms with Crippen LogP contribution in [0.2, 0.25) is 0 Å². The van der Waals surface area contributed by atoms with Crippen molar-refractivity contribution >= 4 is 23.9 Å². The van der Waals surface area contributed by atoms with Crippen molar-refractivity contribution < 1.29 is 4.92 Å². The number of aliphatic imine (C=N–C) groups is 1. The highest BCUT2D eigenvalue weighted by Crippen LogP contribution is 2.25. The summed E-state index contributed by atoms with van der Waals surface area (Å²) in [5.41, 5.74) is 0.505. The molecular weight excluding hydrogens is 246 g/mol. The normalized spacial score (nSPS) is 11.2. The highest BCUT2D eigenvalue weighted by atomic mass is 16.6. The smallest absolute Gasteiger partial charge is 0.313 e. The lowest BCUT2D eigenvalue weighted by Gasteiger charge is -2.04. The Morgan fingerprint density at radius 1 is 1.26 bits per heavy atom. The van der Waals surface area contributed by atoms with Gasteiger partial charge in [-0.05, 0) is 12.1 Å². The maximum absolute atomic E-state index is 10.9. The predicted molar refractivity (Wildman–Crippen MR) is 75.5 cm³/mol. The molecule has 7 heteroatoms.